The summed E-state index contributed by atoms with van der Waals surface area (Å²) in [7, 11) is 0. The molecule has 0 aliphatic carbocycles. The van der Waals surface area contributed by atoms with Crippen molar-refractivity contribution in [2.45, 2.75) is 37.9 Å². The minimum Gasteiger partial charge on any atom is -0.368 e. The lowest BCUT2D eigenvalue weighted by Crippen LogP contribution is -2.44. The number of carbonyl (C=O) groups excluding carboxylic acids is 2. The van der Waals surface area contributed by atoms with Gasteiger partial charge in [-0.1, -0.05) is 18.2 Å². The van der Waals surface area contributed by atoms with Gasteiger partial charge in [-0.15, -0.1) is 6.58 Å². The van der Waals surface area contributed by atoms with Gasteiger partial charge < -0.3 is 11.1 Å². The lowest BCUT2D eigenvalue weighted by atomic mass is 10.1. The summed E-state index contributed by atoms with van der Waals surface area (Å²) >= 11 is 0. The summed E-state index contributed by atoms with van der Waals surface area (Å²) in [5, 5.41) is 2.50. The lowest BCUT2D eigenvalue weighted by Gasteiger charge is -2.15. The molecule has 0 radical (unpaired) electrons. The third kappa shape index (κ3) is 6.54. The van der Waals surface area contributed by atoms with Crippen molar-refractivity contribution < 1.29 is 22.8 Å². The van der Waals surface area contributed by atoms with E-state index in [0.717, 1.165) is 12.1 Å². The Morgan fingerprint density at radius 3 is 2.35 bits per heavy atom. The number of amides is 2. The van der Waals surface area contributed by atoms with Crippen LogP contribution in [0.3, 0.4) is 0 Å². The maximum atomic E-state index is 12.5. The molecule has 23 heavy (non-hydrogen) atoms. The summed E-state index contributed by atoms with van der Waals surface area (Å²) in [6, 6.07) is 3.51. The van der Waals surface area contributed by atoms with E-state index in [0.29, 0.717) is 24.8 Å². The average Bonchev–Trinajstić information content (AvgIpc) is 2.45. The zero-order valence-electron chi connectivity index (χ0n) is 12.5. The Morgan fingerprint density at radius 1 is 1.26 bits per heavy atom. The van der Waals surface area contributed by atoms with Crippen LogP contribution in [0.5, 0.6) is 0 Å². The van der Waals surface area contributed by atoms with Crippen molar-refractivity contribution in [3.05, 3.63) is 48.0 Å². The van der Waals surface area contributed by atoms with Gasteiger partial charge in [0.05, 0.1) is 12.0 Å². The summed E-state index contributed by atoms with van der Waals surface area (Å²) in [4.78, 5) is 23.2. The Kier molecular flexibility index (Phi) is 6.81. The summed E-state index contributed by atoms with van der Waals surface area (Å²) in [5.41, 5.74) is 4.87. The van der Waals surface area contributed by atoms with Gasteiger partial charge in [0.1, 0.15) is 6.04 Å². The first kappa shape index (κ1) is 18.7. The van der Waals surface area contributed by atoms with Crippen LogP contribution in [0.15, 0.2) is 36.9 Å². The van der Waals surface area contributed by atoms with Crippen molar-refractivity contribution in [2.24, 2.45) is 5.73 Å². The van der Waals surface area contributed by atoms with Crippen molar-refractivity contribution in [1.82, 2.24) is 5.32 Å². The Bertz CT molecular complexity index is 553. The SMILES string of the molecule is C=CCCC[C@H](NC(=O)Cc1ccc(C(F)(F)F)cc1)C(N)=O. The molecule has 2 amide bonds. The molecule has 0 unspecified atom stereocenters. The molecular formula is C16H19F3N2O2. The Hall–Kier alpha value is -2.31. The first-order valence-electron chi connectivity index (χ1n) is 7.09. The quantitative estimate of drug-likeness (QED) is 0.569. The highest BCUT2D eigenvalue weighted by molar-refractivity contribution is 5.87. The van der Waals surface area contributed by atoms with Gasteiger partial charge in [-0.2, -0.15) is 13.2 Å². The van der Waals surface area contributed by atoms with Crippen LogP contribution in [0.4, 0.5) is 13.2 Å². The molecule has 0 bridgehead atoms. The summed E-state index contributed by atoms with van der Waals surface area (Å²) in [5.74, 6) is -1.11. The zero-order valence-corrected chi connectivity index (χ0v) is 12.5. The molecule has 0 saturated heterocycles. The van der Waals surface area contributed by atoms with Gasteiger partial charge in [-0.3, -0.25) is 9.59 Å². The summed E-state index contributed by atoms with van der Waals surface area (Å²) in [6.07, 6.45) is -1.11. The number of unbranched alkanes of at least 4 members (excludes halogenated alkanes) is 1. The molecule has 3 N–H and O–H groups in total. The third-order valence-electron chi connectivity index (χ3n) is 3.23. The molecule has 7 heteroatoms. The van der Waals surface area contributed by atoms with Crippen LogP contribution in [0.1, 0.15) is 30.4 Å². The van der Waals surface area contributed by atoms with E-state index in [1.165, 1.54) is 12.1 Å². The molecule has 0 aromatic heterocycles. The van der Waals surface area contributed by atoms with Crippen LogP contribution >= 0.6 is 0 Å². The normalized spacial score (nSPS) is 12.5. The van der Waals surface area contributed by atoms with E-state index in [1.54, 1.807) is 6.08 Å². The molecule has 4 nitrogen and oxygen atoms in total. The number of carbonyl (C=O) groups is 2. The largest absolute Gasteiger partial charge is 0.416 e. The summed E-state index contributed by atoms with van der Waals surface area (Å²) in [6.45, 7) is 3.56. The highest BCUT2D eigenvalue weighted by atomic mass is 19.4. The number of primary amides is 1. The van der Waals surface area contributed by atoms with Crippen molar-refractivity contribution in [2.75, 3.05) is 0 Å². The van der Waals surface area contributed by atoms with E-state index in [-0.39, 0.29) is 6.42 Å². The number of rotatable bonds is 8. The molecule has 126 valence electrons. The second kappa shape index (κ2) is 8.36. The van der Waals surface area contributed by atoms with E-state index in [1.807, 2.05) is 0 Å². The Morgan fingerprint density at radius 2 is 1.87 bits per heavy atom. The molecule has 1 rings (SSSR count). The van der Waals surface area contributed by atoms with Crippen LogP contribution in [-0.2, 0) is 22.2 Å². The van der Waals surface area contributed by atoms with Crippen molar-refractivity contribution >= 4 is 11.8 Å². The van der Waals surface area contributed by atoms with Crippen LogP contribution in [0.25, 0.3) is 0 Å². The predicted octanol–water partition coefficient (Wildman–Crippen LogP) is 2.57. The van der Waals surface area contributed by atoms with Crippen LogP contribution < -0.4 is 11.1 Å². The highest BCUT2D eigenvalue weighted by Crippen LogP contribution is 2.29. The minimum absolute atomic E-state index is 0.122. The molecule has 0 heterocycles. The van der Waals surface area contributed by atoms with E-state index in [9.17, 15) is 22.8 Å². The van der Waals surface area contributed by atoms with Crippen LogP contribution in [0.2, 0.25) is 0 Å². The first-order chi connectivity index (χ1) is 10.7. The van der Waals surface area contributed by atoms with Gasteiger partial charge in [0.25, 0.3) is 0 Å². The van der Waals surface area contributed by atoms with Gasteiger partial charge >= 0.3 is 6.18 Å². The van der Waals surface area contributed by atoms with E-state index >= 15 is 0 Å². The molecule has 1 aromatic carbocycles. The van der Waals surface area contributed by atoms with Crippen LogP contribution in [0, 0.1) is 0 Å². The molecule has 0 fully saturated rings. The fraction of sp³-hybridized carbons (Fsp3) is 0.375. The number of allylic oxidation sites excluding steroid dienone is 1. The highest BCUT2D eigenvalue weighted by Gasteiger charge is 2.30. The number of alkyl halides is 3. The Balaban J connectivity index is 2.60. The molecule has 0 saturated carbocycles. The predicted molar refractivity (Wildman–Crippen MR) is 80.3 cm³/mol. The molecular weight excluding hydrogens is 309 g/mol. The second-order valence-corrected chi connectivity index (χ2v) is 5.11. The van der Waals surface area contributed by atoms with Gasteiger partial charge in [-0.25, -0.2) is 0 Å². The van der Waals surface area contributed by atoms with Crippen molar-refractivity contribution in [3.8, 4) is 0 Å². The number of halogens is 3. The van der Waals surface area contributed by atoms with E-state index in [2.05, 4.69) is 11.9 Å². The topological polar surface area (TPSA) is 72.2 Å². The molecule has 1 atom stereocenters. The molecule has 1 aromatic rings. The van der Waals surface area contributed by atoms with Crippen molar-refractivity contribution in [3.63, 3.8) is 0 Å². The molecule has 0 aliphatic heterocycles. The number of nitrogens with two attached hydrogens (primary N) is 1. The van der Waals surface area contributed by atoms with Crippen molar-refractivity contribution in [1.29, 1.82) is 0 Å². The van der Waals surface area contributed by atoms with Crippen LogP contribution in [-0.4, -0.2) is 17.9 Å². The number of nitrogens with one attached hydrogen (secondary N) is 1. The lowest BCUT2D eigenvalue weighted by molar-refractivity contribution is -0.137. The fourth-order valence-corrected chi connectivity index (χ4v) is 1.99. The monoisotopic (exact) mass is 328 g/mol. The smallest absolute Gasteiger partial charge is 0.368 e. The number of hydrogen-bond donors (Lipinski definition) is 2. The van der Waals surface area contributed by atoms with Gasteiger partial charge in [0, 0.05) is 0 Å². The second-order valence-electron chi connectivity index (χ2n) is 5.11. The first-order valence-corrected chi connectivity index (χ1v) is 7.09. The standard InChI is InChI=1S/C16H19F3N2O2/c1-2-3-4-5-13(15(20)23)21-14(22)10-11-6-8-12(9-7-11)16(17,18)19/h2,6-9,13H,1,3-5,10H2,(H2,20,23)(H,21,22)/t13-/m0/s1. The number of hydrogen-bond acceptors (Lipinski definition) is 2. The van der Waals surface area contributed by atoms with E-state index in [4.69, 9.17) is 5.73 Å². The Labute approximate surface area is 132 Å². The summed E-state index contributed by atoms with van der Waals surface area (Å²) < 4.78 is 37.4. The van der Waals surface area contributed by atoms with Gasteiger partial charge in [0.2, 0.25) is 11.8 Å². The minimum atomic E-state index is -4.41. The average molecular weight is 328 g/mol. The molecule has 0 spiro atoms. The fourth-order valence-electron chi connectivity index (χ4n) is 1.99. The number of benzene rings is 1. The van der Waals surface area contributed by atoms with Gasteiger partial charge in [0.15, 0.2) is 0 Å². The van der Waals surface area contributed by atoms with Gasteiger partial charge in [-0.05, 0) is 37.0 Å². The third-order valence-corrected chi connectivity index (χ3v) is 3.23. The molecule has 0 aliphatic rings. The maximum absolute atomic E-state index is 12.5. The van der Waals surface area contributed by atoms with E-state index < -0.39 is 29.6 Å². The maximum Gasteiger partial charge on any atom is 0.416 e. The zero-order chi connectivity index (χ0) is 17.5.